The van der Waals surface area contributed by atoms with Crippen molar-refractivity contribution in [1.29, 1.82) is 0 Å². The average molecular weight is 232 g/mol. The molecule has 0 aliphatic carbocycles. The highest BCUT2D eigenvalue weighted by Crippen LogP contribution is 2.10. The molecular formula is C11H24N2OS. The SMILES string of the molecule is CC(C)CSCCC(NC(C)C)C(N)=O. The number of amides is 1. The fourth-order valence-corrected chi connectivity index (χ4v) is 2.27. The largest absolute Gasteiger partial charge is 0.368 e. The molecule has 3 N–H and O–H groups in total. The van der Waals surface area contributed by atoms with Gasteiger partial charge in [-0.2, -0.15) is 11.8 Å². The molecule has 0 aliphatic heterocycles. The molecule has 0 aromatic carbocycles. The summed E-state index contributed by atoms with van der Waals surface area (Å²) >= 11 is 1.89. The summed E-state index contributed by atoms with van der Waals surface area (Å²) in [5, 5.41) is 3.18. The van der Waals surface area contributed by atoms with Gasteiger partial charge in [0.1, 0.15) is 0 Å². The van der Waals surface area contributed by atoms with E-state index in [1.807, 2.05) is 25.6 Å². The summed E-state index contributed by atoms with van der Waals surface area (Å²) in [7, 11) is 0. The Morgan fingerprint density at radius 2 is 1.93 bits per heavy atom. The van der Waals surface area contributed by atoms with Crippen LogP contribution in [0.3, 0.4) is 0 Å². The summed E-state index contributed by atoms with van der Waals surface area (Å²) < 4.78 is 0. The van der Waals surface area contributed by atoms with E-state index < -0.39 is 0 Å². The van der Waals surface area contributed by atoms with Gasteiger partial charge in [-0.25, -0.2) is 0 Å². The minimum atomic E-state index is -0.242. The third-order valence-electron chi connectivity index (χ3n) is 1.88. The van der Waals surface area contributed by atoms with Crippen molar-refractivity contribution in [2.45, 2.75) is 46.2 Å². The molecule has 0 aromatic heterocycles. The van der Waals surface area contributed by atoms with Crippen LogP contribution in [-0.4, -0.2) is 29.5 Å². The molecule has 1 amide bonds. The lowest BCUT2D eigenvalue weighted by Crippen LogP contribution is -2.44. The molecule has 0 radical (unpaired) electrons. The smallest absolute Gasteiger partial charge is 0.234 e. The maximum Gasteiger partial charge on any atom is 0.234 e. The van der Waals surface area contributed by atoms with Crippen molar-refractivity contribution in [3.05, 3.63) is 0 Å². The first-order valence-electron chi connectivity index (χ1n) is 5.56. The zero-order chi connectivity index (χ0) is 11.8. The fourth-order valence-electron chi connectivity index (χ4n) is 1.23. The van der Waals surface area contributed by atoms with E-state index in [9.17, 15) is 4.79 Å². The second-order valence-corrected chi connectivity index (χ2v) is 5.68. The quantitative estimate of drug-likeness (QED) is 0.625. The van der Waals surface area contributed by atoms with Crippen LogP contribution in [0.4, 0.5) is 0 Å². The van der Waals surface area contributed by atoms with E-state index in [2.05, 4.69) is 19.2 Å². The number of carbonyl (C=O) groups is 1. The van der Waals surface area contributed by atoms with Gasteiger partial charge in [0.25, 0.3) is 0 Å². The molecule has 0 rings (SSSR count). The van der Waals surface area contributed by atoms with Crippen LogP contribution in [0, 0.1) is 5.92 Å². The number of nitrogens with two attached hydrogens (primary N) is 1. The van der Waals surface area contributed by atoms with Gasteiger partial charge < -0.3 is 11.1 Å². The van der Waals surface area contributed by atoms with Gasteiger partial charge in [-0.15, -0.1) is 0 Å². The van der Waals surface area contributed by atoms with Gasteiger partial charge in [-0.3, -0.25) is 4.79 Å². The van der Waals surface area contributed by atoms with Gasteiger partial charge in [0.2, 0.25) is 5.91 Å². The molecule has 0 fully saturated rings. The molecule has 3 nitrogen and oxygen atoms in total. The van der Waals surface area contributed by atoms with Crippen molar-refractivity contribution in [1.82, 2.24) is 5.32 Å². The summed E-state index contributed by atoms with van der Waals surface area (Å²) in [4.78, 5) is 11.1. The van der Waals surface area contributed by atoms with Crippen LogP contribution < -0.4 is 11.1 Å². The van der Waals surface area contributed by atoms with E-state index >= 15 is 0 Å². The predicted octanol–water partition coefficient (Wildman–Crippen LogP) is 1.62. The maximum atomic E-state index is 11.1. The first-order chi connectivity index (χ1) is 6.93. The van der Waals surface area contributed by atoms with Crippen LogP contribution in [0.15, 0.2) is 0 Å². The Morgan fingerprint density at radius 1 is 1.33 bits per heavy atom. The molecular weight excluding hydrogens is 208 g/mol. The fraction of sp³-hybridized carbons (Fsp3) is 0.909. The molecule has 15 heavy (non-hydrogen) atoms. The number of rotatable bonds is 8. The van der Waals surface area contributed by atoms with E-state index in [1.54, 1.807) is 0 Å². The summed E-state index contributed by atoms with van der Waals surface area (Å²) in [6.07, 6.45) is 0.824. The zero-order valence-corrected chi connectivity index (χ0v) is 11.1. The summed E-state index contributed by atoms with van der Waals surface area (Å²) in [5.74, 6) is 2.60. The lowest BCUT2D eigenvalue weighted by atomic mass is 10.2. The highest BCUT2D eigenvalue weighted by molar-refractivity contribution is 7.99. The van der Waals surface area contributed by atoms with E-state index in [-0.39, 0.29) is 11.9 Å². The molecule has 4 heteroatoms. The highest BCUT2D eigenvalue weighted by atomic mass is 32.2. The van der Waals surface area contributed by atoms with Gasteiger partial charge in [-0.05, 0) is 23.8 Å². The second kappa shape index (κ2) is 7.99. The Kier molecular flexibility index (Phi) is 7.88. The van der Waals surface area contributed by atoms with Crippen molar-refractivity contribution in [2.24, 2.45) is 11.7 Å². The molecule has 90 valence electrons. The van der Waals surface area contributed by atoms with Crippen LogP contribution in [0.25, 0.3) is 0 Å². The topological polar surface area (TPSA) is 55.1 Å². The number of nitrogens with one attached hydrogen (secondary N) is 1. The van der Waals surface area contributed by atoms with Crippen LogP contribution in [0.5, 0.6) is 0 Å². The Hall–Kier alpha value is -0.220. The lowest BCUT2D eigenvalue weighted by Gasteiger charge is -2.18. The summed E-state index contributed by atoms with van der Waals surface area (Å²) in [6, 6.07) is 0.127. The molecule has 0 saturated heterocycles. The zero-order valence-electron chi connectivity index (χ0n) is 10.2. The van der Waals surface area contributed by atoms with Gasteiger partial charge in [0.05, 0.1) is 6.04 Å². The van der Waals surface area contributed by atoms with Crippen molar-refractivity contribution < 1.29 is 4.79 Å². The first kappa shape index (κ1) is 14.8. The third-order valence-corrected chi connectivity index (χ3v) is 3.31. The van der Waals surface area contributed by atoms with Gasteiger partial charge >= 0.3 is 0 Å². The van der Waals surface area contributed by atoms with Crippen LogP contribution in [0.1, 0.15) is 34.1 Å². The van der Waals surface area contributed by atoms with Crippen molar-refractivity contribution in [3.8, 4) is 0 Å². The Bertz CT molecular complexity index is 183. The minimum Gasteiger partial charge on any atom is -0.368 e. The monoisotopic (exact) mass is 232 g/mol. The standard InChI is InChI=1S/C11H24N2OS/c1-8(2)7-15-6-5-10(11(12)14)13-9(3)4/h8-10,13H,5-7H2,1-4H3,(H2,12,14). The molecule has 0 bridgehead atoms. The van der Waals surface area contributed by atoms with E-state index in [4.69, 9.17) is 5.73 Å². The molecule has 1 atom stereocenters. The van der Waals surface area contributed by atoms with Crippen molar-refractivity contribution in [2.75, 3.05) is 11.5 Å². The Balaban J connectivity index is 3.72. The van der Waals surface area contributed by atoms with Crippen molar-refractivity contribution in [3.63, 3.8) is 0 Å². The minimum absolute atomic E-state index is 0.176. The van der Waals surface area contributed by atoms with Crippen LogP contribution in [0.2, 0.25) is 0 Å². The number of hydrogen-bond donors (Lipinski definition) is 2. The molecule has 0 heterocycles. The molecule has 0 saturated carbocycles. The summed E-state index contributed by atoms with van der Waals surface area (Å²) in [5.41, 5.74) is 5.32. The maximum absolute atomic E-state index is 11.1. The number of primary amides is 1. The van der Waals surface area contributed by atoms with Gasteiger partial charge in [0, 0.05) is 6.04 Å². The lowest BCUT2D eigenvalue weighted by molar-refractivity contribution is -0.120. The normalized spacial score (nSPS) is 13.5. The second-order valence-electron chi connectivity index (χ2n) is 4.53. The van der Waals surface area contributed by atoms with E-state index in [0.29, 0.717) is 12.0 Å². The highest BCUT2D eigenvalue weighted by Gasteiger charge is 2.15. The first-order valence-corrected chi connectivity index (χ1v) is 6.72. The molecule has 0 spiro atoms. The molecule has 0 aliphatic rings. The number of hydrogen-bond acceptors (Lipinski definition) is 3. The summed E-state index contributed by atoms with van der Waals surface area (Å²) in [6.45, 7) is 8.45. The van der Waals surface area contributed by atoms with Crippen molar-refractivity contribution >= 4 is 17.7 Å². The van der Waals surface area contributed by atoms with E-state index in [1.165, 1.54) is 0 Å². The Morgan fingerprint density at radius 3 is 2.33 bits per heavy atom. The molecule has 1 unspecified atom stereocenters. The number of carbonyl (C=O) groups excluding carboxylic acids is 1. The van der Waals surface area contributed by atoms with Gasteiger partial charge in [-0.1, -0.05) is 27.7 Å². The van der Waals surface area contributed by atoms with E-state index in [0.717, 1.165) is 17.9 Å². The predicted molar refractivity (Wildman–Crippen MR) is 68.0 cm³/mol. The average Bonchev–Trinajstić information content (AvgIpc) is 2.08. The molecule has 0 aromatic rings. The number of thioether (sulfide) groups is 1. The van der Waals surface area contributed by atoms with Gasteiger partial charge in [0.15, 0.2) is 0 Å². The third kappa shape index (κ3) is 8.75. The van der Waals surface area contributed by atoms with Crippen LogP contribution in [-0.2, 0) is 4.79 Å². The Labute approximate surface area is 97.6 Å². The van der Waals surface area contributed by atoms with Crippen LogP contribution >= 0.6 is 11.8 Å².